The van der Waals surface area contributed by atoms with Crippen molar-refractivity contribution < 1.29 is 4.79 Å². The average molecular weight is 411 g/mol. The molecule has 0 N–H and O–H groups in total. The number of hydrogen-bond acceptors (Lipinski definition) is 3. The SMILES string of the molecule is O=C1C(=Cc2ccccc2Cl)SC(=S)N1c1ccc(Br)cc1. The first-order chi connectivity index (χ1) is 10.6. The minimum atomic E-state index is -0.128. The Morgan fingerprint density at radius 2 is 1.82 bits per heavy atom. The topological polar surface area (TPSA) is 20.3 Å². The number of amides is 1. The van der Waals surface area contributed by atoms with Crippen LogP contribution in [0.5, 0.6) is 0 Å². The van der Waals surface area contributed by atoms with Crippen molar-refractivity contribution >= 4 is 73.5 Å². The van der Waals surface area contributed by atoms with E-state index in [1.54, 1.807) is 12.1 Å². The first kappa shape index (κ1) is 15.7. The first-order valence-corrected chi connectivity index (χ1v) is 8.74. The molecule has 0 atom stereocenters. The number of anilines is 1. The van der Waals surface area contributed by atoms with Crippen LogP contribution >= 0.6 is 51.5 Å². The van der Waals surface area contributed by atoms with E-state index in [9.17, 15) is 4.79 Å². The summed E-state index contributed by atoms with van der Waals surface area (Å²) >= 11 is 16.1. The summed E-state index contributed by atoms with van der Waals surface area (Å²) in [7, 11) is 0. The van der Waals surface area contributed by atoms with Gasteiger partial charge in [-0.15, -0.1) is 0 Å². The van der Waals surface area contributed by atoms with E-state index < -0.39 is 0 Å². The molecule has 0 unspecified atom stereocenters. The van der Waals surface area contributed by atoms with E-state index in [-0.39, 0.29) is 5.91 Å². The van der Waals surface area contributed by atoms with Crippen molar-refractivity contribution in [1.82, 2.24) is 0 Å². The lowest BCUT2D eigenvalue weighted by molar-refractivity contribution is -0.113. The van der Waals surface area contributed by atoms with E-state index >= 15 is 0 Å². The summed E-state index contributed by atoms with van der Waals surface area (Å²) in [4.78, 5) is 14.7. The third kappa shape index (κ3) is 3.13. The van der Waals surface area contributed by atoms with Crippen LogP contribution < -0.4 is 4.90 Å². The predicted molar refractivity (Wildman–Crippen MR) is 101 cm³/mol. The lowest BCUT2D eigenvalue weighted by Crippen LogP contribution is -2.27. The normalized spacial score (nSPS) is 16.6. The maximum absolute atomic E-state index is 12.6. The van der Waals surface area contributed by atoms with Gasteiger partial charge in [-0.3, -0.25) is 9.69 Å². The van der Waals surface area contributed by atoms with Gasteiger partial charge in [0.25, 0.3) is 5.91 Å². The van der Waals surface area contributed by atoms with E-state index in [1.807, 2.05) is 42.5 Å². The molecule has 0 radical (unpaired) electrons. The molecule has 2 aromatic rings. The molecule has 3 rings (SSSR count). The summed E-state index contributed by atoms with van der Waals surface area (Å²) in [6.45, 7) is 0. The average Bonchev–Trinajstić information content (AvgIpc) is 2.77. The van der Waals surface area contributed by atoms with Gasteiger partial charge in [0.1, 0.15) is 0 Å². The highest BCUT2D eigenvalue weighted by atomic mass is 79.9. The van der Waals surface area contributed by atoms with Crippen molar-refractivity contribution in [3.05, 3.63) is 68.5 Å². The van der Waals surface area contributed by atoms with Crippen LogP contribution in [-0.2, 0) is 4.79 Å². The summed E-state index contributed by atoms with van der Waals surface area (Å²) in [6.07, 6.45) is 1.78. The minimum absolute atomic E-state index is 0.128. The summed E-state index contributed by atoms with van der Waals surface area (Å²) in [6, 6.07) is 14.9. The lowest BCUT2D eigenvalue weighted by Gasteiger charge is -2.14. The van der Waals surface area contributed by atoms with Crippen LogP contribution in [0.1, 0.15) is 5.56 Å². The monoisotopic (exact) mass is 409 g/mol. The number of nitrogens with zero attached hydrogens (tertiary/aromatic N) is 1. The zero-order valence-corrected chi connectivity index (χ0v) is 15.1. The maximum Gasteiger partial charge on any atom is 0.270 e. The third-order valence-corrected chi connectivity index (χ3v) is 5.25. The zero-order chi connectivity index (χ0) is 15.7. The van der Waals surface area contributed by atoms with Gasteiger partial charge in [-0.2, -0.15) is 0 Å². The number of benzene rings is 2. The number of thioether (sulfide) groups is 1. The Balaban J connectivity index is 1.95. The Bertz CT molecular complexity index is 789. The largest absolute Gasteiger partial charge is 0.270 e. The summed E-state index contributed by atoms with van der Waals surface area (Å²) in [5, 5.41) is 0.608. The quantitative estimate of drug-likeness (QED) is 0.481. The van der Waals surface area contributed by atoms with Gasteiger partial charge in [-0.25, -0.2) is 0 Å². The fourth-order valence-corrected chi connectivity index (χ4v) is 3.76. The van der Waals surface area contributed by atoms with Gasteiger partial charge in [-0.05, 0) is 42.0 Å². The maximum atomic E-state index is 12.6. The lowest BCUT2D eigenvalue weighted by atomic mass is 10.2. The fraction of sp³-hybridized carbons (Fsp3) is 0. The molecule has 22 heavy (non-hydrogen) atoms. The van der Waals surface area contributed by atoms with Crippen molar-refractivity contribution in [3.8, 4) is 0 Å². The van der Waals surface area contributed by atoms with Crippen LogP contribution in [0.3, 0.4) is 0 Å². The van der Waals surface area contributed by atoms with Gasteiger partial charge in [0.2, 0.25) is 0 Å². The van der Waals surface area contributed by atoms with Crippen LogP contribution in [0.4, 0.5) is 5.69 Å². The van der Waals surface area contributed by atoms with Crippen molar-refractivity contribution in [2.45, 2.75) is 0 Å². The molecule has 1 saturated heterocycles. The molecule has 0 aliphatic carbocycles. The smallest absolute Gasteiger partial charge is 0.268 e. The Labute approximate surface area is 151 Å². The molecule has 1 aliphatic rings. The zero-order valence-electron chi connectivity index (χ0n) is 11.1. The summed E-state index contributed by atoms with van der Waals surface area (Å²) in [5.41, 5.74) is 1.56. The molecule has 1 heterocycles. The Morgan fingerprint density at radius 3 is 2.50 bits per heavy atom. The molecule has 2 nitrogen and oxygen atoms in total. The minimum Gasteiger partial charge on any atom is -0.268 e. The number of halogens is 2. The van der Waals surface area contributed by atoms with Crippen molar-refractivity contribution in [2.24, 2.45) is 0 Å². The summed E-state index contributed by atoms with van der Waals surface area (Å²) < 4.78 is 1.47. The van der Waals surface area contributed by atoms with E-state index in [2.05, 4.69) is 15.9 Å². The van der Waals surface area contributed by atoms with Crippen molar-refractivity contribution in [2.75, 3.05) is 4.90 Å². The fourth-order valence-electron chi connectivity index (χ4n) is 2.01. The molecule has 0 aromatic heterocycles. The predicted octanol–water partition coefficient (Wildman–Crippen LogP) is 5.51. The van der Waals surface area contributed by atoms with Gasteiger partial charge in [0.15, 0.2) is 4.32 Å². The molecule has 1 aliphatic heterocycles. The van der Waals surface area contributed by atoms with Gasteiger partial charge in [0, 0.05) is 9.50 Å². The van der Waals surface area contributed by atoms with Crippen LogP contribution in [0.2, 0.25) is 5.02 Å². The Morgan fingerprint density at radius 1 is 1.14 bits per heavy atom. The van der Waals surface area contributed by atoms with E-state index in [0.717, 1.165) is 15.7 Å². The van der Waals surface area contributed by atoms with Crippen LogP contribution in [0.25, 0.3) is 6.08 Å². The highest BCUT2D eigenvalue weighted by Crippen LogP contribution is 2.37. The Kier molecular flexibility index (Phi) is 4.68. The Hall–Kier alpha value is -1.14. The van der Waals surface area contributed by atoms with Crippen LogP contribution in [-0.4, -0.2) is 10.2 Å². The molecule has 2 aromatic carbocycles. The van der Waals surface area contributed by atoms with Crippen LogP contribution in [0.15, 0.2) is 57.9 Å². The third-order valence-electron chi connectivity index (χ3n) is 3.07. The van der Waals surface area contributed by atoms with E-state index in [1.165, 1.54) is 16.7 Å². The molecule has 0 spiro atoms. The van der Waals surface area contributed by atoms with Crippen molar-refractivity contribution in [3.63, 3.8) is 0 Å². The highest BCUT2D eigenvalue weighted by Gasteiger charge is 2.33. The van der Waals surface area contributed by atoms with Gasteiger partial charge >= 0.3 is 0 Å². The number of thiocarbonyl (C=S) groups is 1. The molecule has 6 heteroatoms. The molecule has 1 amide bonds. The molecular formula is C16H9BrClNOS2. The second-order valence-electron chi connectivity index (χ2n) is 4.52. The number of hydrogen-bond donors (Lipinski definition) is 0. The van der Waals surface area contributed by atoms with Crippen molar-refractivity contribution in [1.29, 1.82) is 0 Å². The molecule has 110 valence electrons. The van der Waals surface area contributed by atoms with Gasteiger partial charge < -0.3 is 0 Å². The first-order valence-electron chi connectivity index (χ1n) is 6.34. The van der Waals surface area contributed by atoms with Crippen LogP contribution in [0, 0.1) is 0 Å². The second-order valence-corrected chi connectivity index (χ2v) is 7.51. The molecular weight excluding hydrogens is 402 g/mol. The number of carbonyl (C=O) groups excluding carboxylic acids is 1. The molecule has 1 fully saturated rings. The molecule has 0 saturated carbocycles. The standard InChI is InChI=1S/C16H9BrClNOS2/c17-11-5-7-12(8-6-11)19-15(20)14(22-16(19)21)9-10-3-1-2-4-13(10)18/h1-9H. The number of rotatable bonds is 2. The molecule has 0 bridgehead atoms. The van der Waals surface area contributed by atoms with Gasteiger partial charge in [-0.1, -0.05) is 69.7 Å². The summed E-state index contributed by atoms with van der Waals surface area (Å²) in [5.74, 6) is -0.128. The van der Waals surface area contributed by atoms with E-state index in [4.69, 9.17) is 23.8 Å². The van der Waals surface area contributed by atoms with Gasteiger partial charge in [0.05, 0.1) is 10.6 Å². The second kappa shape index (κ2) is 6.54. The number of carbonyl (C=O) groups is 1. The highest BCUT2D eigenvalue weighted by molar-refractivity contribution is 9.10. The van der Waals surface area contributed by atoms with E-state index in [0.29, 0.717) is 14.2 Å².